The lowest BCUT2D eigenvalue weighted by atomic mass is 10.0. The highest BCUT2D eigenvalue weighted by Gasteiger charge is 2.22. The first-order valence-electron chi connectivity index (χ1n) is 5.58. The molecule has 96 valence electrons. The summed E-state index contributed by atoms with van der Waals surface area (Å²) in [5.41, 5.74) is 2.82. The van der Waals surface area contributed by atoms with Crippen LogP contribution in [0, 0.1) is 0 Å². The van der Waals surface area contributed by atoms with Crippen LogP contribution in [0.15, 0.2) is 29.9 Å². The zero-order valence-electron chi connectivity index (χ0n) is 10.6. The molecule has 0 saturated carbocycles. The van der Waals surface area contributed by atoms with Gasteiger partial charge in [0, 0.05) is 11.1 Å². The van der Waals surface area contributed by atoms with Crippen molar-refractivity contribution in [3.8, 4) is 11.5 Å². The van der Waals surface area contributed by atoms with E-state index in [4.69, 9.17) is 9.47 Å². The van der Waals surface area contributed by atoms with Crippen LogP contribution in [0.2, 0.25) is 0 Å². The topological polar surface area (TPSA) is 43.4 Å². The minimum absolute atomic E-state index is 0.0172. The lowest BCUT2D eigenvalue weighted by Crippen LogP contribution is -2.18. The molecule has 0 saturated heterocycles. The molecule has 0 amide bonds. The monoisotopic (exact) mass is 264 g/mol. The van der Waals surface area contributed by atoms with E-state index in [2.05, 4.69) is 10.3 Å². The number of nitrogens with zero attached hydrogens (tertiary/aromatic N) is 1. The molecule has 0 fully saturated rings. The molecule has 1 aromatic carbocycles. The molecular weight excluding hydrogens is 248 g/mol. The lowest BCUT2D eigenvalue weighted by Gasteiger charge is -2.20. The molecule has 1 aromatic heterocycles. The third kappa shape index (κ3) is 2.32. The van der Waals surface area contributed by atoms with Gasteiger partial charge in [-0.25, -0.2) is 0 Å². The second-order valence-electron chi connectivity index (χ2n) is 3.70. The van der Waals surface area contributed by atoms with Crippen molar-refractivity contribution in [3.05, 3.63) is 40.3 Å². The van der Waals surface area contributed by atoms with Gasteiger partial charge in [-0.15, -0.1) is 11.3 Å². The Morgan fingerprint density at radius 3 is 2.33 bits per heavy atom. The van der Waals surface area contributed by atoms with Crippen molar-refractivity contribution in [1.82, 2.24) is 10.3 Å². The molecule has 2 rings (SSSR count). The highest BCUT2D eigenvalue weighted by atomic mass is 32.1. The van der Waals surface area contributed by atoms with Gasteiger partial charge in [-0.3, -0.25) is 4.98 Å². The number of hydrogen-bond donors (Lipinski definition) is 1. The number of aromatic nitrogens is 1. The summed E-state index contributed by atoms with van der Waals surface area (Å²) in [6.07, 6.45) is 1.86. The number of methoxy groups -OCH3 is 2. The fourth-order valence-corrected chi connectivity index (χ4v) is 2.70. The highest BCUT2D eigenvalue weighted by molar-refractivity contribution is 7.09. The zero-order valence-corrected chi connectivity index (χ0v) is 11.5. The molecule has 5 heteroatoms. The summed E-state index contributed by atoms with van der Waals surface area (Å²) in [6.45, 7) is 0. The van der Waals surface area contributed by atoms with E-state index in [9.17, 15) is 0 Å². The van der Waals surface area contributed by atoms with Gasteiger partial charge in [0.1, 0.15) is 11.5 Å². The molecule has 0 aliphatic rings. The molecule has 1 atom stereocenters. The van der Waals surface area contributed by atoms with Gasteiger partial charge in [0.05, 0.1) is 31.3 Å². The van der Waals surface area contributed by atoms with E-state index in [1.165, 1.54) is 0 Å². The van der Waals surface area contributed by atoms with E-state index in [1.807, 2.05) is 37.0 Å². The van der Waals surface area contributed by atoms with Crippen LogP contribution in [0.1, 0.15) is 16.5 Å². The quantitative estimate of drug-likeness (QED) is 0.901. The Kier molecular flexibility index (Phi) is 4.17. The second-order valence-corrected chi connectivity index (χ2v) is 4.62. The summed E-state index contributed by atoms with van der Waals surface area (Å²) in [5.74, 6) is 1.62. The summed E-state index contributed by atoms with van der Waals surface area (Å²) in [5, 5.41) is 3.28. The van der Waals surface area contributed by atoms with Gasteiger partial charge < -0.3 is 14.8 Å². The average molecular weight is 264 g/mol. The van der Waals surface area contributed by atoms with Crippen LogP contribution in [0.4, 0.5) is 0 Å². The molecule has 1 N–H and O–H groups in total. The van der Waals surface area contributed by atoms with Gasteiger partial charge >= 0.3 is 0 Å². The third-order valence-corrected chi connectivity index (χ3v) is 3.62. The summed E-state index contributed by atoms with van der Waals surface area (Å²) >= 11 is 1.60. The van der Waals surface area contributed by atoms with E-state index in [-0.39, 0.29) is 6.04 Å². The predicted octanol–water partition coefficient (Wildman–Crippen LogP) is 2.47. The summed E-state index contributed by atoms with van der Waals surface area (Å²) in [4.78, 5) is 5.25. The van der Waals surface area contributed by atoms with Crippen molar-refractivity contribution >= 4 is 11.3 Å². The van der Waals surface area contributed by atoms with Crippen LogP contribution in [0.5, 0.6) is 11.5 Å². The maximum absolute atomic E-state index is 5.43. The molecular formula is C13H16N2O2S. The van der Waals surface area contributed by atoms with Crippen LogP contribution >= 0.6 is 11.3 Å². The second kappa shape index (κ2) is 5.84. The zero-order chi connectivity index (χ0) is 13.0. The molecule has 0 bridgehead atoms. The fraction of sp³-hybridized carbons (Fsp3) is 0.308. The molecule has 0 spiro atoms. The summed E-state index contributed by atoms with van der Waals surface area (Å²) in [6, 6.07) is 5.80. The first-order valence-corrected chi connectivity index (χ1v) is 6.46. The molecule has 0 aliphatic carbocycles. The third-order valence-electron chi connectivity index (χ3n) is 2.78. The Bertz CT molecular complexity index is 477. The van der Waals surface area contributed by atoms with Crippen LogP contribution in [0.3, 0.4) is 0 Å². The van der Waals surface area contributed by atoms with E-state index in [0.717, 1.165) is 21.9 Å². The maximum Gasteiger partial charge on any atom is 0.127 e. The largest absolute Gasteiger partial charge is 0.496 e. The number of hydrogen-bond acceptors (Lipinski definition) is 5. The Morgan fingerprint density at radius 1 is 1.22 bits per heavy atom. The van der Waals surface area contributed by atoms with Gasteiger partial charge in [-0.05, 0) is 19.2 Å². The highest BCUT2D eigenvalue weighted by Crippen LogP contribution is 2.38. The smallest absolute Gasteiger partial charge is 0.127 e. The lowest BCUT2D eigenvalue weighted by molar-refractivity contribution is 0.379. The number of rotatable bonds is 5. The average Bonchev–Trinajstić information content (AvgIpc) is 2.93. The Balaban J connectivity index is 2.53. The molecule has 1 unspecified atom stereocenters. The van der Waals surface area contributed by atoms with Gasteiger partial charge in [0.15, 0.2) is 0 Å². The maximum atomic E-state index is 5.43. The molecule has 0 radical (unpaired) electrons. The molecule has 4 nitrogen and oxygen atoms in total. The molecule has 18 heavy (non-hydrogen) atoms. The van der Waals surface area contributed by atoms with Crippen LogP contribution in [0.25, 0.3) is 0 Å². The van der Waals surface area contributed by atoms with Gasteiger partial charge in [0.25, 0.3) is 0 Å². The fourth-order valence-electron chi connectivity index (χ4n) is 1.96. The SMILES string of the molecule is CNC(c1cncs1)c1c(OC)cccc1OC. The molecule has 0 aliphatic heterocycles. The van der Waals surface area contributed by atoms with Crippen molar-refractivity contribution in [3.63, 3.8) is 0 Å². The van der Waals surface area contributed by atoms with Crippen LogP contribution in [-0.4, -0.2) is 26.3 Å². The van der Waals surface area contributed by atoms with E-state index in [0.29, 0.717) is 0 Å². The first-order chi connectivity index (χ1) is 8.81. The summed E-state index contributed by atoms with van der Waals surface area (Å²) in [7, 11) is 5.24. The van der Waals surface area contributed by atoms with Gasteiger partial charge in [0.2, 0.25) is 0 Å². The van der Waals surface area contributed by atoms with E-state index >= 15 is 0 Å². The van der Waals surface area contributed by atoms with Crippen LogP contribution < -0.4 is 14.8 Å². The minimum Gasteiger partial charge on any atom is -0.496 e. The van der Waals surface area contributed by atoms with Crippen molar-refractivity contribution in [2.24, 2.45) is 0 Å². The summed E-state index contributed by atoms with van der Waals surface area (Å²) < 4.78 is 10.9. The Morgan fingerprint density at radius 2 is 1.89 bits per heavy atom. The van der Waals surface area contributed by atoms with Crippen molar-refractivity contribution in [1.29, 1.82) is 0 Å². The van der Waals surface area contributed by atoms with Crippen molar-refractivity contribution in [2.75, 3.05) is 21.3 Å². The van der Waals surface area contributed by atoms with Gasteiger partial charge in [-0.2, -0.15) is 0 Å². The number of benzene rings is 1. The number of nitrogens with one attached hydrogen (secondary N) is 1. The van der Waals surface area contributed by atoms with Crippen LogP contribution in [-0.2, 0) is 0 Å². The minimum atomic E-state index is 0.0172. The van der Waals surface area contributed by atoms with E-state index < -0.39 is 0 Å². The van der Waals surface area contributed by atoms with E-state index in [1.54, 1.807) is 25.6 Å². The Labute approximate surface area is 111 Å². The normalized spacial score (nSPS) is 12.2. The van der Waals surface area contributed by atoms with Crippen molar-refractivity contribution < 1.29 is 9.47 Å². The van der Waals surface area contributed by atoms with Gasteiger partial charge in [-0.1, -0.05) is 6.07 Å². The molecule has 2 aromatic rings. The number of thiazole rings is 1. The predicted molar refractivity (Wildman–Crippen MR) is 72.6 cm³/mol. The molecule has 1 heterocycles. The first kappa shape index (κ1) is 12.9. The number of ether oxygens (including phenoxy) is 2. The Hall–Kier alpha value is -1.59. The standard InChI is InChI=1S/C13H16N2O2S/c1-14-13(11-7-15-8-18-11)12-9(16-2)5-4-6-10(12)17-3/h4-8,13-14H,1-3H3. The van der Waals surface area contributed by atoms with Crippen molar-refractivity contribution in [2.45, 2.75) is 6.04 Å².